The lowest BCUT2D eigenvalue weighted by molar-refractivity contribution is 0.111. The van der Waals surface area contributed by atoms with Gasteiger partial charge in [-0.15, -0.1) is 0 Å². The van der Waals surface area contributed by atoms with Crippen LogP contribution in [0.3, 0.4) is 0 Å². The first-order chi connectivity index (χ1) is 17.9. The van der Waals surface area contributed by atoms with E-state index >= 15 is 0 Å². The van der Waals surface area contributed by atoms with Gasteiger partial charge in [0.2, 0.25) is 16.0 Å². The molecule has 8 nitrogen and oxygen atoms in total. The number of rotatable bonds is 8. The Morgan fingerprint density at radius 2 is 1.76 bits per heavy atom. The number of fused-ring (bicyclic) bond motifs is 1. The zero-order valence-electron chi connectivity index (χ0n) is 22.6. The number of piperidine rings is 1. The summed E-state index contributed by atoms with van der Waals surface area (Å²) in [6.45, 7) is 5.55. The van der Waals surface area contributed by atoms with Crippen molar-refractivity contribution in [1.29, 1.82) is 0 Å². The molecule has 0 radical (unpaired) electrons. The third kappa shape index (κ3) is 5.83. The minimum Gasteiger partial charge on any atom is -0.393 e. The van der Waals surface area contributed by atoms with Crippen molar-refractivity contribution in [3.63, 3.8) is 0 Å². The van der Waals surface area contributed by atoms with Crippen LogP contribution in [0.1, 0.15) is 115 Å². The van der Waals surface area contributed by atoms with Gasteiger partial charge in [-0.05, 0) is 76.2 Å². The highest BCUT2D eigenvalue weighted by atomic mass is 32.2. The number of anilines is 1. The van der Waals surface area contributed by atoms with Crippen molar-refractivity contribution in [3.05, 3.63) is 18.0 Å². The Balaban J connectivity index is 1.38. The number of nitrogens with zero attached hydrogens (tertiary/aromatic N) is 4. The van der Waals surface area contributed by atoms with Gasteiger partial charge in [0.15, 0.2) is 0 Å². The molecule has 5 rings (SSSR count). The quantitative estimate of drug-likeness (QED) is 0.476. The normalized spacial score (nSPS) is 25.9. The predicted octanol–water partition coefficient (Wildman–Crippen LogP) is 5.35. The number of aromatic nitrogens is 3. The van der Waals surface area contributed by atoms with Crippen molar-refractivity contribution in [1.82, 2.24) is 18.8 Å². The number of aliphatic hydroxyl groups excluding tert-OH is 1. The largest absolute Gasteiger partial charge is 0.393 e. The summed E-state index contributed by atoms with van der Waals surface area (Å²) in [5.74, 6) is 0.973. The maximum absolute atomic E-state index is 13.3. The molecule has 2 aromatic heterocycles. The standard InChI is InChI=1S/C28H45N5O3S/c1-3-7-20(2)30-28-29-18-25-26(19-33(27(25)31-28)22-10-12-23(34)13-11-22)21-14-16-32(17-15-21)37(35,36)24-8-5-4-6-9-24/h18-24,34H,3-17H2,1-2H3,(H,29,30,31)/t20-,22?,23?/m0/s1. The second-order valence-electron chi connectivity index (χ2n) is 11.7. The van der Waals surface area contributed by atoms with Crippen LogP contribution in [0.5, 0.6) is 0 Å². The van der Waals surface area contributed by atoms with Crippen molar-refractivity contribution in [2.75, 3.05) is 18.4 Å². The summed E-state index contributed by atoms with van der Waals surface area (Å²) in [6.07, 6.45) is 16.3. The van der Waals surface area contributed by atoms with E-state index in [9.17, 15) is 13.5 Å². The number of sulfonamides is 1. The van der Waals surface area contributed by atoms with Crippen molar-refractivity contribution < 1.29 is 13.5 Å². The minimum absolute atomic E-state index is 0.184. The maximum atomic E-state index is 13.3. The molecule has 1 atom stereocenters. The first-order valence-electron chi connectivity index (χ1n) is 14.7. The van der Waals surface area contributed by atoms with E-state index in [1.54, 1.807) is 4.31 Å². The Bertz CT molecular complexity index is 1140. The molecule has 0 aromatic carbocycles. The summed E-state index contributed by atoms with van der Waals surface area (Å²) >= 11 is 0. The van der Waals surface area contributed by atoms with Crippen LogP contribution in [0.15, 0.2) is 12.4 Å². The molecule has 1 saturated heterocycles. The molecular weight excluding hydrogens is 486 g/mol. The van der Waals surface area contributed by atoms with Crippen LogP contribution in [0, 0.1) is 0 Å². The second-order valence-corrected chi connectivity index (χ2v) is 13.9. The number of hydrogen-bond acceptors (Lipinski definition) is 6. The average Bonchev–Trinajstić information content (AvgIpc) is 3.28. The monoisotopic (exact) mass is 531 g/mol. The van der Waals surface area contributed by atoms with Gasteiger partial charge >= 0.3 is 0 Å². The fourth-order valence-electron chi connectivity index (χ4n) is 6.78. The summed E-state index contributed by atoms with van der Waals surface area (Å²) in [5, 5.41) is 14.4. The van der Waals surface area contributed by atoms with E-state index in [-0.39, 0.29) is 11.4 Å². The predicted molar refractivity (Wildman–Crippen MR) is 148 cm³/mol. The molecule has 0 unspecified atom stereocenters. The number of nitrogens with one attached hydrogen (secondary N) is 1. The Hall–Kier alpha value is -1.71. The van der Waals surface area contributed by atoms with Crippen LogP contribution in [0.4, 0.5) is 5.95 Å². The molecule has 0 spiro atoms. The van der Waals surface area contributed by atoms with E-state index < -0.39 is 10.0 Å². The molecule has 2 aliphatic carbocycles. The first-order valence-corrected chi connectivity index (χ1v) is 16.2. The molecular formula is C28H45N5O3S. The summed E-state index contributed by atoms with van der Waals surface area (Å²) in [4.78, 5) is 9.68. The van der Waals surface area contributed by atoms with Gasteiger partial charge in [-0.25, -0.2) is 17.7 Å². The molecule has 206 valence electrons. The highest BCUT2D eigenvalue weighted by molar-refractivity contribution is 7.89. The highest BCUT2D eigenvalue weighted by Crippen LogP contribution is 2.39. The fraction of sp³-hybridized carbons (Fsp3) is 0.786. The summed E-state index contributed by atoms with van der Waals surface area (Å²) in [5.41, 5.74) is 2.22. The molecule has 2 N–H and O–H groups in total. The van der Waals surface area contributed by atoms with E-state index in [4.69, 9.17) is 4.98 Å². The van der Waals surface area contributed by atoms with Crippen LogP contribution in [-0.2, 0) is 10.0 Å². The van der Waals surface area contributed by atoms with Gasteiger partial charge in [0.1, 0.15) is 5.65 Å². The third-order valence-corrected chi connectivity index (χ3v) is 11.4. The van der Waals surface area contributed by atoms with Crippen molar-refractivity contribution in [2.45, 2.75) is 127 Å². The van der Waals surface area contributed by atoms with Gasteiger partial charge in [-0.3, -0.25) is 0 Å². The van der Waals surface area contributed by atoms with E-state index in [1.165, 1.54) is 5.56 Å². The van der Waals surface area contributed by atoms with Crippen LogP contribution in [0.25, 0.3) is 11.0 Å². The van der Waals surface area contributed by atoms with Crippen molar-refractivity contribution in [2.24, 2.45) is 0 Å². The Kier molecular flexibility index (Phi) is 8.41. The molecule has 2 aromatic rings. The Labute approximate surface area is 222 Å². The Morgan fingerprint density at radius 3 is 2.43 bits per heavy atom. The molecule has 3 fully saturated rings. The van der Waals surface area contributed by atoms with E-state index in [1.807, 2.05) is 6.20 Å². The van der Waals surface area contributed by atoms with Crippen LogP contribution >= 0.6 is 0 Å². The fourth-order valence-corrected chi connectivity index (χ4v) is 8.85. The summed E-state index contributed by atoms with van der Waals surface area (Å²) in [6, 6.07) is 0.632. The van der Waals surface area contributed by atoms with Crippen molar-refractivity contribution >= 4 is 27.0 Å². The van der Waals surface area contributed by atoms with Gasteiger partial charge in [0, 0.05) is 43.0 Å². The summed E-state index contributed by atoms with van der Waals surface area (Å²) < 4.78 is 30.7. The molecule has 1 aliphatic heterocycles. The summed E-state index contributed by atoms with van der Waals surface area (Å²) in [7, 11) is -3.20. The highest BCUT2D eigenvalue weighted by Gasteiger charge is 2.36. The topological polar surface area (TPSA) is 100 Å². The van der Waals surface area contributed by atoms with Gasteiger partial charge in [0.05, 0.1) is 11.4 Å². The lowest BCUT2D eigenvalue weighted by Crippen LogP contribution is -2.43. The van der Waals surface area contributed by atoms with Gasteiger partial charge in [-0.2, -0.15) is 4.98 Å². The smallest absolute Gasteiger partial charge is 0.224 e. The molecule has 0 bridgehead atoms. The lowest BCUT2D eigenvalue weighted by atomic mass is 9.90. The lowest BCUT2D eigenvalue weighted by Gasteiger charge is -2.34. The number of aliphatic hydroxyl groups is 1. The van der Waals surface area contributed by atoms with Crippen molar-refractivity contribution in [3.8, 4) is 0 Å². The van der Waals surface area contributed by atoms with E-state index in [0.717, 1.165) is 94.5 Å². The third-order valence-electron chi connectivity index (χ3n) is 8.99. The maximum Gasteiger partial charge on any atom is 0.224 e. The first kappa shape index (κ1) is 26.9. The Morgan fingerprint density at radius 1 is 1.05 bits per heavy atom. The molecule has 3 aliphatic rings. The van der Waals surface area contributed by atoms with E-state index in [0.29, 0.717) is 37.0 Å². The van der Waals surface area contributed by atoms with E-state index in [2.05, 4.69) is 34.9 Å². The zero-order valence-corrected chi connectivity index (χ0v) is 23.4. The average molecular weight is 532 g/mol. The molecule has 2 saturated carbocycles. The molecule has 9 heteroatoms. The van der Waals surface area contributed by atoms with Gasteiger partial charge in [-0.1, -0.05) is 32.6 Å². The van der Waals surface area contributed by atoms with Gasteiger partial charge < -0.3 is 15.0 Å². The SMILES string of the molecule is CCC[C@H](C)Nc1ncc2c(C3CCN(S(=O)(=O)C4CCCCC4)CC3)cn(C3CCC(O)CC3)c2n1. The molecule has 0 amide bonds. The van der Waals surface area contributed by atoms with Crippen LogP contribution in [-0.4, -0.2) is 62.8 Å². The minimum atomic E-state index is -3.20. The van der Waals surface area contributed by atoms with Crippen LogP contribution < -0.4 is 5.32 Å². The number of hydrogen-bond donors (Lipinski definition) is 2. The second kappa shape index (κ2) is 11.6. The molecule has 3 heterocycles. The molecule has 37 heavy (non-hydrogen) atoms. The van der Waals surface area contributed by atoms with Crippen LogP contribution in [0.2, 0.25) is 0 Å². The van der Waals surface area contributed by atoms with Gasteiger partial charge in [0.25, 0.3) is 0 Å². The zero-order chi connectivity index (χ0) is 26.0.